The average Bonchev–Trinajstić information content (AvgIpc) is 2.03. The van der Waals surface area contributed by atoms with E-state index < -0.39 is 0 Å². The predicted octanol–water partition coefficient (Wildman–Crippen LogP) is 0.888. The van der Waals surface area contributed by atoms with E-state index in [0.717, 1.165) is 12.3 Å². The summed E-state index contributed by atoms with van der Waals surface area (Å²) >= 11 is 0. The van der Waals surface area contributed by atoms with Gasteiger partial charge in [-0.15, -0.1) is 0 Å². The van der Waals surface area contributed by atoms with Crippen molar-refractivity contribution in [2.75, 3.05) is 13.7 Å². The Morgan fingerprint density at radius 3 is 2.75 bits per heavy atom. The third-order valence-corrected chi connectivity index (χ3v) is 1.45. The lowest BCUT2D eigenvalue weighted by Gasteiger charge is -2.06. The highest BCUT2D eigenvalue weighted by Gasteiger charge is 1.94. The van der Waals surface area contributed by atoms with E-state index in [1.54, 1.807) is 7.05 Å². The number of hydrogen-bond acceptors (Lipinski definition) is 2. The molecule has 0 heterocycles. The first-order valence-electron chi connectivity index (χ1n) is 4.27. The van der Waals surface area contributed by atoms with Crippen LogP contribution in [0.5, 0.6) is 0 Å². The predicted molar refractivity (Wildman–Crippen MR) is 50.7 cm³/mol. The van der Waals surface area contributed by atoms with E-state index in [9.17, 15) is 0 Å². The fraction of sp³-hybridized carbons (Fsp3) is 0.875. The molecule has 0 rings (SSSR count). The second-order valence-corrected chi connectivity index (χ2v) is 3.10. The summed E-state index contributed by atoms with van der Waals surface area (Å²) in [5.74, 6) is 1.05. The second kappa shape index (κ2) is 6.91. The van der Waals surface area contributed by atoms with Crippen molar-refractivity contribution in [3.8, 4) is 0 Å². The van der Waals surface area contributed by atoms with Crippen LogP contribution in [0.25, 0.3) is 0 Å². The van der Waals surface area contributed by atoms with E-state index in [2.05, 4.69) is 24.3 Å². The van der Waals surface area contributed by atoms with Gasteiger partial charge in [0.25, 0.3) is 0 Å². The van der Waals surface area contributed by atoms with Gasteiger partial charge < -0.3 is 5.73 Å². The lowest BCUT2D eigenvalue weighted by atomic mass is 10.1. The van der Waals surface area contributed by atoms with Gasteiger partial charge in [0.05, 0.1) is 6.61 Å². The minimum absolute atomic E-state index is 0.319. The maximum absolute atomic E-state index is 5.33. The van der Waals surface area contributed by atoms with Crippen molar-refractivity contribution in [1.29, 1.82) is 0 Å². The third-order valence-electron chi connectivity index (χ3n) is 1.45. The van der Waals surface area contributed by atoms with Gasteiger partial charge >= 0.3 is 0 Å². The highest BCUT2D eigenvalue weighted by molar-refractivity contribution is 5.76. The molecule has 0 aliphatic rings. The summed E-state index contributed by atoms with van der Waals surface area (Å²) in [6.45, 7) is 5.05. The smallest absolute Gasteiger partial charge is 0.212 e. The summed E-state index contributed by atoms with van der Waals surface area (Å²) in [4.78, 5) is 8.71. The molecule has 0 unspecified atom stereocenters. The molecule has 0 atom stereocenters. The Morgan fingerprint density at radius 2 is 2.25 bits per heavy atom. The number of nitrogens with one attached hydrogen (secondary N) is 1. The van der Waals surface area contributed by atoms with Crippen molar-refractivity contribution < 1.29 is 4.84 Å². The van der Waals surface area contributed by atoms with E-state index in [1.165, 1.54) is 6.42 Å². The summed E-state index contributed by atoms with van der Waals surface area (Å²) < 4.78 is 0. The summed E-state index contributed by atoms with van der Waals surface area (Å²) in [6, 6.07) is 0. The number of hydrogen-bond donors (Lipinski definition) is 2. The molecule has 4 heteroatoms. The van der Waals surface area contributed by atoms with E-state index in [4.69, 9.17) is 10.6 Å². The molecule has 0 aliphatic carbocycles. The van der Waals surface area contributed by atoms with Crippen molar-refractivity contribution >= 4 is 5.96 Å². The summed E-state index contributed by atoms with van der Waals surface area (Å²) in [5.41, 5.74) is 7.86. The van der Waals surface area contributed by atoms with Crippen LogP contribution in [0.3, 0.4) is 0 Å². The Labute approximate surface area is 74.1 Å². The summed E-state index contributed by atoms with van der Waals surface area (Å²) in [5, 5.41) is 0. The number of nitrogens with two attached hydrogens (primary N) is 1. The normalized spacial score (nSPS) is 12.2. The zero-order valence-electron chi connectivity index (χ0n) is 8.13. The SMILES string of the molecule is CN=C(N)NOCCCC(C)C. The van der Waals surface area contributed by atoms with E-state index in [-0.39, 0.29) is 0 Å². The highest BCUT2D eigenvalue weighted by atomic mass is 16.6. The number of guanidine groups is 1. The van der Waals surface area contributed by atoms with E-state index in [0.29, 0.717) is 12.6 Å². The molecule has 3 N–H and O–H groups in total. The van der Waals surface area contributed by atoms with Crippen molar-refractivity contribution in [3.63, 3.8) is 0 Å². The molecular weight excluding hydrogens is 154 g/mol. The van der Waals surface area contributed by atoms with Gasteiger partial charge in [0.1, 0.15) is 0 Å². The highest BCUT2D eigenvalue weighted by Crippen LogP contribution is 2.02. The summed E-state index contributed by atoms with van der Waals surface area (Å²) in [7, 11) is 1.61. The van der Waals surface area contributed by atoms with Crippen molar-refractivity contribution in [2.45, 2.75) is 26.7 Å². The molecule has 0 amide bonds. The Morgan fingerprint density at radius 1 is 1.58 bits per heavy atom. The minimum Gasteiger partial charge on any atom is -0.368 e. The average molecular weight is 173 g/mol. The van der Waals surface area contributed by atoms with Gasteiger partial charge in [-0.25, -0.2) is 5.48 Å². The Hall–Kier alpha value is -0.770. The van der Waals surface area contributed by atoms with Crippen LogP contribution >= 0.6 is 0 Å². The standard InChI is InChI=1S/C8H19N3O/c1-7(2)5-4-6-12-11-8(9)10-3/h7H,4-6H2,1-3H3,(H3,9,10,11). The van der Waals surface area contributed by atoms with Crippen LogP contribution in [0.1, 0.15) is 26.7 Å². The van der Waals surface area contributed by atoms with Crippen LogP contribution in [0.15, 0.2) is 4.99 Å². The number of nitrogens with zero attached hydrogens (tertiary/aromatic N) is 1. The molecule has 72 valence electrons. The third kappa shape index (κ3) is 7.34. The van der Waals surface area contributed by atoms with Gasteiger partial charge in [-0.3, -0.25) is 9.83 Å². The molecule has 0 spiro atoms. The Bertz CT molecular complexity index is 134. The first kappa shape index (κ1) is 11.2. The van der Waals surface area contributed by atoms with Crippen molar-refractivity contribution in [1.82, 2.24) is 5.48 Å². The second-order valence-electron chi connectivity index (χ2n) is 3.10. The minimum atomic E-state index is 0.319. The first-order valence-corrected chi connectivity index (χ1v) is 4.27. The van der Waals surface area contributed by atoms with E-state index in [1.807, 2.05) is 0 Å². The molecule has 0 saturated heterocycles. The topological polar surface area (TPSA) is 59.6 Å². The monoisotopic (exact) mass is 173 g/mol. The Kier molecular flexibility index (Phi) is 6.47. The van der Waals surface area contributed by atoms with Crippen LogP contribution in [-0.4, -0.2) is 19.6 Å². The van der Waals surface area contributed by atoms with Gasteiger partial charge in [-0.1, -0.05) is 13.8 Å². The quantitative estimate of drug-likeness (QED) is 0.281. The van der Waals surface area contributed by atoms with Gasteiger partial charge in [-0.05, 0) is 18.8 Å². The zero-order valence-corrected chi connectivity index (χ0v) is 8.13. The maximum atomic E-state index is 5.33. The molecule has 4 nitrogen and oxygen atoms in total. The van der Waals surface area contributed by atoms with Crippen LogP contribution in [0, 0.1) is 5.92 Å². The zero-order chi connectivity index (χ0) is 9.40. The fourth-order valence-corrected chi connectivity index (χ4v) is 0.734. The number of rotatable bonds is 5. The maximum Gasteiger partial charge on any atom is 0.212 e. The molecule has 0 bridgehead atoms. The van der Waals surface area contributed by atoms with Crippen LogP contribution in [0.2, 0.25) is 0 Å². The van der Waals surface area contributed by atoms with Crippen LogP contribution in [-0.2, 0) is 4.84 Å². The molecule has 0 radical (unpaired) electrons. The van der Waals surface area contributed by atoms with Gasteiger partial charge in [0.15, 0.2) is 0 Å². The molecule has 0 saturated carbocycles. The lowest BCUT2D eigenvalue weighted by Crippen LogP contribution is -2.31. The van der Waals surface area contributed by atoms with Crippen molar-refractivity contribution in [2.24, 2.45) is 16.6 Å². The van der Waals surface area contributed by atoms with Gasteiger partial charge in [-0.2, -0.15) is 0 Å². The van der Waals surface area contributed by atoms with Crippen molar-refractivity contribution in [3.05, 3.63) is 0 Å². The molecule has 0 aliphatic heterocycles. The summed E-state index contributed by atoms with van der Waals surface area (Å²) in [6.07, 6.45) is 2.21. The molecule has 12 heavy (non-hydrogen) atoms. The van der Waals surface area contributed by atoms with Crippen LogP contribution < -0.4 is 11.2 Å². The molecule has 0 aromatic heterocycles. The lowest BCUT2D eigenvalue weighted by molar-refractivity contribution is 0.0791. The fourth-order valence-electron chi connectivity index (χ4n) is 0.734. The molecular formula is C8H19N3O. The molecule has 0 aromatic rings. The number of aliphatic imine (C=N–C) groups is 1. The molecule has 0 fully saturated rings. The van der Waals surface area contributed by atoms with Crippen LogP contribution in [0.4, 0.5) is 0 Å². The van der Waals surface area contributed by atoms with Gasteiger partial charge in [0.2, 0.25) is 5.96 Å². The Balaban J connectivity index is 3.11. The first-order chi connectivity index (χ1) is 5.66. The van der Waals surface area contributed by atoms with E-state index >= 15 is 0 Å². The number of hydroxylamine groups is 1. The van der Waals surface area contributed by atoms with Gasteiger partial charge in [0, 0.05) is 7.05 Å². The molecule has 0 aromatic carbocycles. The largest absolute Gasteiger partial charge is 0.368 e.